The molecule has 0 aliphatic rings. The molecule has 0 aliphatic heterocycles. The minimum atomic E-state index is 0.250. The van der Waals surface area contributed by atoms with Crippen LogP contribution in [0.1, 0.15) is 11.4 Å². The van der Waals surface area contributed by atoms with Crippen molar-refractivity contribution >= 4 is 51.6 Å². The largest absolute Gasteiger partial charge is 0.383 e. The van der Waals surface area contributed by atoms with Crippen molar-refractivity contribution in [2.75, 3.05) is 5.73 Å². The van der Waals surface area contributed by atoms with Gasteiger partial charge in [-0.3, -0.25) is 0 Å². The first-order chi connectivity index (χ1) is 11.1. The molecule has 0 aliphatic carbocycles. The number of anilines is 1. The molecule has 0 saturated carbocycles. The molecule has 2 aromatic carbocycles. The molecular formula is C17H10Cl2N4. The Labute approximate surface area is 142 Å². The SMILES string of the molecule is N#C/C(=C/c1cccc(Cl)c1Cl)c1nc(N)c2ccccc2n1. The first-order valence-corrected chi connectivity index (χ1v) is 7.44. The van der Waals surface area contributed by atoms with Crippen LogP contribution in [0.2, 0.25) is 10.0 Å². The van der Waals surface area contributed by atoms with Gasteiger partial charge in [0.25, 0.3) is 0 Å². The van der Waals surface area contributed by atoms with Crippen molar-refractivity contribution < 1.29 is 0 Å². The van der Waals surface area contributed by atoms with Crippen LogP contribution in [0, 0.1) is 11.3 Å². The van der Waals surface area contributed by atoms with Gasteiger partial charge in [0, 0.05) is 5.39 Å². The van der Waals surface area contributed by atoms with Crippen molar-refractivity contribution in [2.45, 2.75) is 0 Å². The van der Waals surface area contributed by atoms with Crippen LogP contribution in [0.4, 0.5) is 5.82 Å². The van der Waals surface area contributed by atoms with Gasteiger partial charge in [-0.05, 0) is 29.8 Å². The molecule has 0 atom stereocenters. The molecule has 0 radical (unpaired) electrons. The summed E-state index contributed by atoms with van der Waals surface area (Å²) in [7, 11) is 0. The number of halogens is 2. The third-order valence-corrected chi connectivity index (χ3v) is 4.11. The summed E-state index contributed by atoms with van der Waals surface area (Å²) in [6.07, 6.45) is 1.60. The molecule has 0 fully saturated rings. The lowest BCUT2D eigenvalue weighted by Gasteiger charge is -2.05. The Morgan fingerprint density at radius 1 is 1.09 bits per heavy atom. The number of allylic oxidation sites excluding steroid dienone is 1. The average molecular weight is 341 g/mol. The number of hydrogen-bond donors (Lipinski definition) is 1. The quantitative estimate of drug-likeness (QED) is 0.692. The number of benzene rings is 2. The smallest absolute Gasteiger partial charge is 0.172 e. The highest BCUT2D eigenvalue weighted by molar-refractivity contribution is 6.43. The van der Waals surface area contributed by atoms with Gasteiger partial charge >= 0.3 is 0 Å². The molecule has 112 valence electrons. The van der Waals surface area contributed by atoms with E-state index in [2.05, 4.69) is 16.0 Å². The van der Waals surface area contributed by atoms with E-state index in [0.29, 0.717) is 26.9 Å². The van der Waals surface area contributed by atoms with Crippen molar-refractivity contribution in [1.82, 2.24) is 9.97 Å². The first-order valence-electron chi connectivity index (χ1n) is 6.68. The van der Waals surface area contributed by atoms with E-state index in [9.17, 15) is 5.26 Å². The Morgan fingerprint density at radius 2 is 1.87 bits per heavy atom. The van der Waals surface area contributed by atoms with E-state index in [1.807, 2.05) is 24.3 Å². The Hall–Kier alpha value is -2.61. The number of nitrogens with zero attached hydrogens (tertiary/aromatic N) is 3. The lowest BCUT2D eigenvalue weighted by molar-refractivity contribution is 1.18. The van der Waals surface area contributed by atoms with E-state index in [1.54, 1.807) is 24.3 Å². The maximum absolute atomic E-state index is 9.45. The van der Waals surface area contributed by atoms with Gasteiger partial charge < -0.3 is 5.73 Å². The van der Waals surface area contributed by atoms with Crippen LogP contribution in [0.5, 0.6) is 0 Å². The highest BCUT2D eigenvalue weighted by Crippen LogP contribution is 2.29. The summed E-state index contributed by atoms with van der Waals surface area (Å²) >= 11 is 12.2. The third kappa shape index (κ3) is 2.98. The molecule has 0 unspecified atom stereocenters. The Morgan fingerprint density at radius 3 is 2.65 bits per heavy atom. The van der Waals surface area contributed by atoms with Crippen molar-refractivity contribution in [3.05, 3.63) is 63.9 Å². The maximum atomic E-state index is 9.45. The number of nitrogen functional groups attached to an aromatic ring is 1. The Bertz CT molecular complexity index is 974. The fourth-order valence-corrected chi connectivity index (χ4v) is 2.52. The van der Waals surface area contributed by atoms with Crippen LogP contribution in [0.15, 0.2) is 42.5 Å². The number of aromatic nitrogens is 2. The topological polar surface area (TPSA) is 75.6 Å². The number of nitriles is 1. The van der Waals surface area contributed by atoms with Crippen LogP contribution in [-0.2, 0) is 0 Å². The van der Waals surface area contributed by atoms with Crippen molar-refractivity contribution in [3.8, 4) is 6.07 Å². The van der Waals surface area contributed by atoms with Crippen molar-refractivity contribution in [1.29, 1.82) is 5.26 Å². The summed E-state index contributed by atoms with van der Waals surface area (Å²) < 4.78 is 0. The van der Waals surface area contributed by atoms with Crippen LogP contribution in [0.3, 0.4) is 0 Å². The first kappa shape index (κ1) is 15.3. The van der Waals surface area contributed by atoms with Gasteiger partial charge in [-0.15, -0.1) is 0 Å². The zero-order valence-electron chi connectivity index (χ0n) is 11.8. The maximum Gasteiger partial charge on any atom is 0.172 e. The Balaban J connectivity index is 2.17. The second-order valence-corrected chi connectivity index (χ2v) is 5.55. The predicted molar refractivity (Wildman–Crippen MR) is 93.9 cm³/mol. The molecule has 1 aromatic heterocycles. The molecule has 3 rings (SSSR count). The third-order valence-electron chi connectivity index (χ3n) is 3.28. The van der Waals surface area contributed by atoms with Crippen LogP contribution < -0.4 is 5.73 Å². The molecule has 0 saturated heterocycles. The minimum Gasteiger partial charge on any atom is -0.383 e. The zero-order valence-corrected chi connectivity index (χ0v) is 13.3. The Kier molecular flexibility index (Phi) is 4.16. The van der Waals surface area contributed by atoms with E-state index >= 15 is 0 Å². The van der Waals surface area contributed by atoms with E-state index in [1.165, 1.54) is 0 Å². The molecule has 1 heterocycles. The molecule has 2 N–H and O–H groups in total. The number of hydrogen-bond acceptors (Lipinski definition) is 4. The normalized spacial score (nSPS) is 11.4. The summed E-state index contributed by atoms with van der Waals surface area (Å²) in [5, 5.41) is 11.0. The summed E-state index contributed by atoms with van der Waals surface area (Å²) in [6.45, 7) is 0. The molecule has 3 aromatic rings. The van der Waals surface area contributed by atoms with E-state index < -0.39 is 0 Å². The average Bonchev–Trinajstić information content (AvgIpc) is 2.56. The number of fused-ring (bicyclic) bond motifs is 1. The molecule has 0 amide bonds. The molecular weight excluding hydrogens is 331 g/mol. The molecule has 0 bridgehead atoms. The summed E-state index contributed by atoms with van der Waals surface area (Å²) in [6, 6.07) is 14.6. The molecule has 6 heteroatoms. The molecule has 0 spiro atoms. The zero-order chi connectivity index (χ0) is 16.4. The van der Waals surface area contributed by atoms with Gasteiger partial charge in [0.2, 0.25) is 0 Å². The van der Waals surface area contributed by atoms with Crippen LogP contribution in [-0.4, -0.2) is 9.97 Å². The lowest BCUT2D eigenvalue weighted by atomic mass is 10.1. The lowest BCUT2D eigenvalue weighted by Crippen LogP contribution is -2.00. The fraction of sp³-hybridized carbons (Fsp3) is 0. The van der Waals surface area contributed by atoms with Gasteiger partial charge in [0.05, 0.1) is 21.1 Å². The fourth-order valence-electron chi connectivity index (χ4n) is 2.16. The molecule has 4 nitrogen and oxygen atoms in total. The van der Waals surface area contributed by atoms with Gasteiger partial charge in [-0.1, -0.05) is 47.5 Å². The van der Waals surface area contributed by atoms with Crippen molar-refractivity contribution in [2.24, 2.45) is 0 Å². The minimum absolute atomic E-state index is 0.250. The monoisotopic (exact) mass is 340 g/mol. The predicted octanol–water partition coefficient (Wildman–Crippen LogP) is 4.58. The summed E-state index contributed by atoms with van der Waals surface area (Å²) in [5.74, 6) is 0.573. The van der Waals surface area contributed by atoms with Crippen LogP contribution in [0.25, 0.3) is 22.6 Å². The second kappa shape index (κ2) is 6.25. The number of para-hydroxylation sites is 1. The van der Waals surface area contributed by atoms with Gasteiger partial charge in [-0.2, -0.15) is 5.26 Å². The van der Waals surface area contributed by atoms with Crippen LogP contribution >= 0.6 is 23.2 Å². The number of nitrogens with two attached hydrogens (primary N) is 1. The van der Waals surface area contributed by atoms with Gasteiger partial charge in [-0.25, -0.2) is 9.97 Å². The standard InChI is InChI=1S/C17H10Cl2N4/c18-13-6-3-4-10(15(13)19)8-11(9-20)17-22-14-7-2-1-5-12(14)16(21)23-17/h1-8H,(H2,21,22,23)/b11-8-. The van der Waals surface area contributed by atoms with E-state index in [-0.39, 0.29) is 11.4 Å². The second-order valence-electron chi connectivity index (χ2n) is 4.76. The highest BCUT2D eigenvalue weighted by atomic mass is 35.5. The van der Waals surface area contributed by atoms with Gasteiger partial charge in [0.1, 0.15) is 11.9 Å². The van der Waals surface area contributed by atoms with Crippen molar-refractivity contribution in [3.63, 3.8) is 0 Å². The summed E-state index contributed by atoms with van der Waals surface area (Å²) in [5.41, 5.74) is 7.51. The number of rotatable bonds is 2. The van der Waals surface area contributed by atoms with Gasteiger partial charge in [0.15, 0.2) is 5.82 Å². The highest BCUT2D eigenvalue weighted by Gasteiger charge is 2.11. The molecule has 23 heavy (non-hydrogen) atoms. The van der Waals surface area contributed by atoms with E-state index in [0.717, 1.165) is 5.39 Å². The summed E-state index contributed by atoms with van der Waals surface area (Å²) in [4.78, 5) is 8.62. The van der Waals surface area contributed by atoms with E-state index in [4.69, 9.17) is 28.9 Å².